The molecule has 0 aliphatic carbocycles. The van der Waals surface area contributed by atoms with E-state index < -0.39 is 0 Å². The number of aromatic nitrogens is 1. The molecule has 0 saturated carbocycles. The smallest absolute Gasteiger partial charge is 0.315 e. The van der Waals surface area contributed by atoms with E-state index in [1.54, 1.807) is 18.4 Å². The minimum atomic E-state index is -0.105. The van der Waals surface area contributed by atoms with Crippen molar-refractivity contribution in [3.8, 4) is 0 Å². The highest BCUT2D eigenvalue weighted by Crippen LogP contribution is 2.13. The number of nitrogens with one attached hydrogen (secondary N) is 2. The first-order valence-corrected chi connectivity index (χ1v) is 8.72. The summed E-state index contributed by atoms with van der Waals surface area (Å²) in [6, 6.07) is 0.111. The molecule has 0 spiro atoms. The second-order valence-corrected chi connectivity index (χ2v) is 6.73. The number of thiazole rings is 1. The largest absolute Gasteiger partial charge is 0.383 e. The molecule has 0 unspecified atom stereocenters. The third kappa shape index (κ3) is 5.55. The molecule has 1 aromatic rings. The summed E-state index contributed by atoms with van der Waals surface area (Å²) in [5.74, 6) is 0. The Bertz CT molecular complexity index is 466. The molecule has 7 heteroatoms. The van der Waals surface area contributed by atoms with Crippen molar-refractivity contribution in [2.75, 3.05) is 33.4 Å². The van der Waals surface area contributed by atoms with Crippen LogP contribution in [0.4, 0.5) is 4.79 Å². The van der Waals surface area contributed by atoms with Gasteiger partial charge in [0.25, 0.3) is 0 Å². The van der Waals surface area contributed by atoms with Crippen molar-refractivity contribution in [1.29, 1.82) is 0 Å². The highest BCUT2D eigenvalue weighted by atomic mass is 32.1. The predicted molar refractivity (Wildman–Crippen MR) is 88.2 cm³/mol. The fourth-order valence-corrected chi connectivity index (χ4v) is 3.38. The van der Waals surface area contributed by atoms with Gasteiger partial charge in [0.2, 0.25) is 0 Å². The predicted octanol–water partition coefficient (Wildman–Crippen LogP) is 1.62. The Morgan fingerprint density at radius 3 is 3.18 bits per heavy atom. The van der Waals surface area contributed by atoms with Gasteiger partial charge in [-0.1, -0.05) is 6.92 Å². The summed E-state index contributed by atoms with van der Waals surface area (Å²) in [5, 5.41) is 6.91. The molecule has 6 nitrogen and oxygen atoms in total. The number of piperidine rings is 1. The van der Waals surface area contributed by atoms with Gasteiger partial charge in [-0.2, -0.15) is 0 Å². The quantitative estimate of drug-likeness (QED) is 0.799. The number of urea groups is 1. The molecule has 1 aromatic heterocycles. The Balaban J connectivity index is 1.69. The number of amides is 2. The van der Waals surface area contributed by atoms with Crippen LogP contribution in [0.1, 0.15) is 29.7 Å². The summed E-state index contributed by atoms with van der Waals surface area (Å²) in [6.07, 6.45) is 5.02. The summed E-state index contributed by atoms with van der Waals surface area (Å²) in [5.41, 5.74) is 0. The van der Waals surface area contributed by atoms with E-state index in [0.29, 0.717) is 6.54 Å². The number of nitrogens with zero attached hydrogens (tertiary/aromatic N) is 2. The topological polar surface area (TPSA) is 66.5 Å². The highest BCUT2D eigenvalue weighted by Gasteiger charge is 2.20. The summed E-state index contributed by atoms with van der Waals surface area (Å²) >= 11 is 1.65. The van der Waals surface area contributed by atoms with E-state index in [0.717, 1.165) is 50.5 Å². The van der Waals surface area contributed by atoms with Gasteiger partial charge in [-0.3, -0.25) is 4.90 Å². The maximum absolute atomic E-state index is 12.0. The highest BCUT2D eigenvalue weighted by molar-refractivity contribution is 7.11. The normalized spacial score (nSPS) is 19.1. The van der Waals surface area contributed by atoms with E-state index >= 15 is 0 Å². The number of aryl methyl sites for hydroxylation is 1. The number of methoxy groups -OCH3 is 1. The second-order valence-electron chi connectivity index (χ2n) is 5.53. The lowest BCUT2D eigenvalue weighted by atomic mass is 10.1. The van der Waals surface area contributed by atoms with Gasteiger partial charge in [-0.05, 0) is 25.8 Å². The van der Waals surface area contributed by atoms with Gasteiger partial charge in [0, 0.05) is 37.3 Å². The molecule has 1 fully saturated rings. The third-order valence-electron chi connectivity index (χ3n) is 3.80. The van der Waals surface area contributed by atoms with E-state index in [4.69, 9.17) is 4.74 Å². The molecule has 22 heavy (non-hydrogen) atoms. The van der Waals surface area contributed by atoms with Gasteiger partial charge < -0.3 is 15.4 Å². The lowest BCUT2D eigenvalue weighted by Gasteiger charge is -2.32. The molecule has 1 aliphatic rings. The molecular weight excluding hydrogens is 300 g/mol. The Morgan fingerprint density at radius 1 is 1.59 bits per heavy atom. The molecule has 124 valence electrons. The minimum Gasteiger partial charge on any atom is -0.383 e. The van der Waals surface area contributed by atoms with Crippen molar-refractivity contribution in [1.82, 2.24) is 20.5 Å². The maximum atomic E-state index is 12.0. The second kappa shape index (κ2) is 9.07. The van der Waals surface area contributed by atoms with Crippen molar-refractivity contribution in [2.45, 2.75) is 38.8 Å². The first kappa shape index (κ1) is 17.2. The molecule has 2 heterocycles. The van der Waals surface area contributed by atoms with Crippen molar-refractivity contribution in [2.24, 2.45) is 0 Å². The molecule has 2 N–H and O–H groups in total. The average Bonchev–Trinajstić information content (AvgIpc) is 2.99. The zero-order valence-corrected chi connectivity index (χ0v) is 14.2. The summed E-state index contributed by atoms with van der Waals surface area (Å²) in [6.45, 7) is 6.25. The lowest BCUT2D eigenvalue weighted by Crippen LogP contribution is -2.50. The Hall–Kier alpha value is -1.18. The van der Waals surface area contributed by atoms with Crippen LogP contribution in [0, 0.1) is 0 Å². The van der Waals surface area contributed by atoms with Crippen LogP contribution in [-0.2, 0) is 17.7 Å². The molecule has 1 aliphatic heterocycles. The number of carbonyl (C=O) groups is 1. The molecule has 1 saturated heterocycles. The van der Waals surface area contributed by atoms with Gasteiger partial charge in [0.15, 0.2) is 0 Å². The van der Waals surface area contributed by atoms with Crippen LogP contribution in [0.15, 0.2) is 6.20 Å². The van der Waals surface area contributed by atoms with E-state index in [2.05, 4.69) is 27.4 Å². The maximum Gasteiger partial charge on any atom is 0.315 e. The average molecular weight is 326 g/mol. The lowest BCUT2D eigenvalue weighted by molar-refractivity contribution is 0.123. The summed E-state index contributed by atoms with van der Waals surface area (Å²) in [7, 11) is 1.72. The van der Waals surface area contributed by atoms with Gasteiger partial charge in [0.1, 0.15) is 5.01 Å². The van der Waals surface area contributed by atoms with Crippen LogP contribution in [0.3, 0.4) is 0 Å². The van der Waals surface area contributed by atoms with Crippen LogP contribution in [0.2, 0.25) is 0 Å². The van der Waals surface area contributed by atoms with Crippen molar-refractivity contribution in [3.05, 3.63) is 16.1 Å². The first-order chi connectivity index (χ1) is 10.7. The molecule has 2 rings (SSSR count). The Morgan fingerprint density at radius 2 is 2.45 bits per heavy atom. The van der Waals surface area contributed by atoms with Crippen molar-refractivity contribution >= 4 is 17.4 Å². The molecular formula is C15H26N4O2S. The molecule has 1 atom stereocenters. The fourth-order valence-electron chi connectivity index (χ4n) is 2.58. The van der Waals surface area contributed by atoms with Crippen molar-refractivity contribution < 1.29 is 9.53 Å². The number of hydrogen-bond acceptors (Lipinski definition) is 5. The number of ether oxygens (including phenoxy) is 1. The Kier molecular flexibility index (Phi) is 7.08. The van der Waals surface area contributed by atoms with Crippen LogP contribution < -0.4 is 10.6 Å². The third-order valence-corrected chi connectivity index (χ3v) is 4.94. The van der Waals surface area contributed by atoms with Crippen LogP contribution in [0.25, 0.3) is 0 Å². The van der Waals surface area contributed by atoms with Gasteiger partial charge in [-0.15, -0.1) is 11.3 Å². The number of hydrogen-bond donors (Lipinski definition) is 2. The van der Waals surface area contributed by atoms with Crippen molar-refractivity contribution in [3.63, 3.8) is 0 Å². The molecule has 0 aromatic carbocycles. The fraction of sp³-hybridized carbons (Fsp3) is 0.733. The summed E-state index contributed by atoms with van der Waals surface area (Å²) in [4.78, 5) is 19.9. The van der Waals surface area contributed by atoms with E-state index in [9.17, 15) is 4.79 Å². The minimum absolute atomic E-state index is 0.105. The van der Waals surface area contributed by atoms with E-state index in [1.807, 2.05) is 6.20 Å². The van der Waals surface area contributed by atoms with Gasteiger partial charge >= 0.3 is 6.03 Å². The van der Waals surface area contributed by atoms with Crippen LogP contribution >= 0.6 is 11.3 Å². The zero-order valence-electron chi connectivity index (χ0n) is 13.4. The van der Waals surface area contributed by atoms with E-state index in [-0.39, 0.29) is 12.1 Å². The number of likely N-dealkylation sites (tertiary alicyclic amines) is 1. The Labute approximate surface area is 136 Å². The number of carbonyl (C=O) groups excluding carboxylic acids is 1. The molecule has 0 radical (unpaired) electrons. The standard InChI is InChI=1S/C15H26N4O2S/c1-3-13-9-16-14(22-13)10-17-15(20)18-12-5-4-6-19(11-12)7-8-21-2/h9,12H,3-8,10-11H2,1-2H3,(H2,17,18,20)/t12-/m1/s1. The van der Waals surface area contributed by atoms with Gasteiger partial charge in [0.05, 0.1) is 13.2 Å². The molecule has 0 bridgehead atoms. The monoisotopic (exact) mass is 326 g/mol. The number of rotatable bonds is 7. The zero-order chi connectivity index (χ0) is 15.8. The molecule has 2 amide bonds. The van der Waals surface area contributed by atoms with Crippen LogP contribution in [0.5, 0.6) is 0 Å². The summed E-state index contributed by atoms with van der Waals surface area (Å²) < 4.78 is 5.11. The van der Waals surface area contributed by atoms with E-state index in [1.165, 1.54) is 4.88 Å². The first-order valence-electron chi connectivity index (χ1n) is 7.90. The van der Waals surface area contributed by atoms with Crippen LogP contribution in [-0.4, -0.2) is 55.3 Å². The SMILES string of the molecule is CCc1cnc(CNC(=O)N[C@@H]2CCCN(CCOC)C2)s1. The van der Waals surface area contributed by atoms with Gasteiger partial charge in [-0.25, -0.2) is 9.78 Å².